The third-order valence-corrected chi connectivity index (χ3v) is 3.73. The van der Waals surface area contributed by atoms with Crippen LogP contribution in [0.25, 0.3) is 0 Å². The molecule has 0 saturated heterocycles. The lowest BCUT2D eigenvalue weighted by atomic mass is 10.1. The molecule has 1 rings (SSSR count). The summed E-state index contributed by atoms with van der Waals surface area (Å²) in [5.74, 6) is 1.47. The lowest BCUT2D eigenvalue weighted by molar-refractivity contribution is 0.626. The van der Waals surface area contributed by atoms with Gasteiger partial charge in [-0.15, -0.1) is 0 Å². The first-order valence-corrected chi connectivity index (χ1v) is 6.71. The maximum absolute atomic E-state index is 6.08. The molecule has 0 aromatic carbocycles. The van der Waals surface area contributed by atoms with Gasteiger partial charge < -0.3 is 0 Å². The van der Waals surface area contributed by atoms with Crippen LogP contribution < -0.4 is 0 Å². The Morgan fingerprint density at radius 2 is 2.00 bits per heavy atom. The molecule has 1 heterocycles. The molecule has 0 radical (unpaired) electrons. The second-order valence-electron chi connectivity index (χ2n) is 4.04. The van der Waals surface area contributed by atoms with E-state index in [-0.39, 0.29) is 0 Å². The quantitative estimate of drug-likeness (QED) is 0.615. The van der Waals surface area contributed by atoms with Gasteiger partial charge >= 0.3 is 0 Å². The van der Waals surface area contributed by atoms with Crippen LogP contribution in [0.1, 0.15) is 38.7 Å². The molecule has 0 spiro atoms. The summed E-state index contributed by atoms with van der Waals surface area (Å²) < 4.78 is 1.00. The van der Waals surface area contributed by atoms with Crippen LogP contribution in [0.2, 0.25) is 5.15 Å². The zero-order valence-corrected chi connectivity index (χ0v) is 12.3. The topological polar surface area (TPSA) is 25.8 Å². The van der Waals surface area contributed by atoms with Gasteiger partial charge in [0.15, 0.2) is 0 Å². The van der Waals surface area contributed by atoms with E-state index >= 15 is 0 Å². The number of aryl methyl sites for hydroxylation is 1. The standard InChI is InChI=1S/C11H16ClIN2/c1-4-5-9-14-8(6-7(2)3)10(13)11(12)15-9/h7H,4-6H2,1-3H3. The van der Waals surface area contributed by atoms with Crippen molar-refractivity contribution in [3.63, 3.8) is 0 Å². The summed E-state index contributed by atoms with van der Waals surface area (Å²) in [4.78, 5) is 8.84. The zero-order chi connectivity index (χ0) is 11.4. The third kappa shape index (κ3) is 3.87. The van der Waals surface area contributed by atoms with Crippen LogP contribution in [0.15, 0.2) is 0 Å². The molecule has 0 fully saturated rings. The van der Waals surface area contributed by atoms with E-state index in [2.05, 4.69) is 53.3 Å². The molecule has 0 aliphatic carbocycles. The fourth-order valence-corrected chi connectivity index (χ4v) is 2.04. The van der Waals surface area contributed by atoms with Crippen LogP contribution >= 0.6 is 34.2 Å². The number of rotatable bonds is 4. The van der Waals surface area contributed by atoms with E-state index in [0.29, 0.717) is 11.1 Å². The van der Waals surface area contributed by atoms with Gasteiger partial charge in [0.2, 0.25) is 0 Å². The number of aromatic nitrogens is 2. The average Bonchev–Trinajstić information content (AvgIpc) is 2.13. The van der Waals surface area contributed by atoms with Gasteiger partial charge in [0.25, 0.3) is 0 Å². The van der Waals surface area contributed by atoms with Crippen molar-refractivity contribution < 1.29 is 0 Å². The highest BCUT2D eigenvalue weighted by Gasteiger charge is 2.11. The maximum atomic E-state index is 6.08. The molecule has 1 aromatic heterocycles. The number of halogens is 2. The Hall–Kier alpha value is 0.1000. The molecule has 0 unspecified atom stereocenters. The summed E-state index contributed by atoms with van der Waals surface area (Å²) >= 11 is 8.31. The fourth-order valence-electron chi connectivity index (χ4n) is 1.37. The van der Waals surface area contributed by atoms with E-state index in [4.69, 9.17) is 11.6 Å². The van der Waals surface area contributed by atoms with Gasteiger partial charge in [-0.2, -0.15) is 0 Å². The highest BCUT2D eigenvalue weighted by atomic mass is 127. The summed E-state index contributed by atoms with van der Waals surface area (Å²) in [6.07, 6.45) is 2.93. The van der Waals surface area contributed by atoms with E-state index in [1.807, 2.05) is 0 Å². The van der Waals surface area contributed by atoms with Crippen molar-refractivity contribution in [1.29, 1.82) is 0 Å². The minimum Gasteiger partial charge on any atom is -0.237 e. The van der Waals surface area contributed by atoms with Gasteiger partial charge in [-0.05, 0) is 41.4 Å². The monoisotopic (exact) mass is 338 g/mol. The molecule has 0 aliphatic rings. The van der Waals surface area contributed by atoms with Crippen molar-refractivity contribution in [2.45, 2.75) is 40.0 Å². The van der Waals surface area contributed by atoms with E-state index in [1.165, 1.54) is 0 Å². The van der Waals surface area contributed by atoms with Crippen molar-refractivity contribution in [3.8, 4) is 0 Å². The summed E-state index contributed by atoms with van der Waals surface area (Å²) in [5.41, 5.74) is 1.09. The highest BCUT2D eigenvalue weighted by Crippen LogP contribution is 2.21. The summed E-state index contributed by atoms with van der Waals surface area (Å²) in [7, 11) is 0. The predicted molar refractivity (Wildman–Crippen MR) is 72.3 cm³/mol. The van der Waals surface area contributed by atoms with Gasteiger partial charge in [0.1, 0.15) is 11.0 Å². The van der Waals surface area contributed by atoms with Gasteiger partial charge in [0, 0.05) is 6.42 Å². The second kappa shape index (κ2) is 5.99. The Morgan fingerprint density at radius 3 is 2.53 bits per heavy atom. The van der Waals surface area contributed by atoms with E-state index < -0.39 is 0 Å². The summed E-state index contributed by atoms with van der Waals surface area (Å²) in [5, 5.41) is 0.602. The Morgan fingerprint density at radius 1 is 1.33 bits per heavy atom. The molecule has 2 nitrogen and oxygen atoms in total. The minimum atomic E-state index is 0.596. The smallest absolute Gasteiger partial charge is 0.146 e. The van der Waals surface area contributed by atoms with Gasteiger partial charge in [0.05, 0.1) is 9.26 Å². The lowest BCUT2D eigenvalue weighted by Crippen LogP contribution is -2.06. The normalized spacial score (nSPS) is 11.1. The zero-order valence-electron chi connectivity index (χ0n) is 9.35. The van der Waals surface area contributed by atoms with Crippen molar-refractivity contribution in [3.05, 3.63) is 20.2 Å². The highest BCUT2D eigenvalue weighted by molar-refractivity contribution is 14.1. The predicted octanol–water partition coefficient (Wildman–Crippen LogP) is 3.89. The second-order valence-corrected chi connectivity index (χ2v) is 5.48. The molecule has 0 amide bonds. The van der Waals surface area contributed by atoms with E-state index in [1.54, 1.807) is 0 Å². The molecular formula is C11H16ClIN2. The van der Waals surface area contributed by atoms with Crippen LogP contribution in [0, 0.1) is 9.49 Å². The largest absolute Gasteiger partial charge is 0.237 e. The van der Waals surface area contributed by atoms with E-state index in [9.17, 15) is 0 Å². The minimum absolute atomic E-state index is 0.596. The van der Waals surface area contributed by atoms with Gasteiger partial charge in [-0.25, -0.2) is 9.97 Å². The fraction of sp³-hybridized carbons (Fsp3) is 0.636. The molecular weight excluding hydrogens is 322 g/mol. The van der Waals surface area contributed by atoms with Crippen molar-refractivity contribution in [1.82, 2.24) is 9.97 Å². The van der Waals surface area contributed by atoms with Crippen LogP contribution in [0.3, 0.4) is 0 Å². The Balaban J connectivity index is 3.01. The molecule has 0 atom stereocenters. The lowest BCUT2D eigenvalue weighted by Gasteiger charge is -2.09. The SMILES string of the molecule is CCCc1nc(Cl)c(I)c(CC(C)C)n1. The Kier molecular flexibility index (Phi) is 5.26. The van der Waals surface area contributed by atoms with Gasteiger partial charge in [-0.3, -0.25) is 0 Å². The Bertz CT molecular complexity index is 340. The molecule has 84 valence electrons. The first-order chi connectivity index (χ1) is 7.04. The molecule has 1 aromatic rings. The molecule has 4 heteroatoms. The number of hydrogen-bond donors (Lipinski definition) is 0. The van der Waals surface area contributed by atoms with Crippen LogP contribution in [0.4, 0.5) is 0 Å². The van der Waals surface area contributed by atoms with Gasteiger partial charge in [-0.1, -0.05) is 32.4 Å². The molecule has 0 aliphatic heterocycles. The summed E-state index contributed by atoms with van der Waals surface area (Å²) in [6, 6.07) is 0. The third-order valence-electron chi connectivity index (χ3n) is 2.00. The van der Waals surface area contributed by atoms with Crippen LogP contribution in [-0.4, -0.2) is 9.97 Å². The molecule has 0 N–H and O–H groups in total. The Labute approximate surface area is 110 Å². The van der Waals surface area contributed by atoms with Crippen molar-refractivity contribution in [2.24, 2.45) is 5.92 Å². The molecule has 0 saturated carbocycles. The van der Waals surface area contributed by atoms with Crippen molar-refractivity contribution >= 4 is 34.2 Å². The maximum Gasteiger partial charge on any atom is 0.146 e. The molecule has 0 bridgehead atoms. The number of hydrogen-bond acceptors (Lipinski definition) is 2. The van der Waals surface area contributed by atoms with Crippen molar-refractivity contribution in [2.75, 3.05) is 0 Å². The summed E-state index contributed by atoms with van der Waals surface area (Å²) in [6.45, 7) is 6.49. The number of nitrogens with zero attached hydrogens (tertiary/aromatic N) is 2. The van der Waals surface area contributed by atoms with Crippen LogP contribution in [-0.2, 0) is 12.8 Å². The van der Waals surface area contributed by atoms with Crippen LogP contribution in [0.5, 0.6) is 0 Å². The average molecular weight is 339 g/mol. The first kappa shape index (κ1) is 13.2. The van der Waals surface area contributed by atoms with E-state index in [0.717, 1.165) is 34.4 Å². The first-order valence-electron chi connectivity index (χ1n) is 5.25. The molecule has 15 heavy (non-hydrogen) atoms.